The van der Waals surface area contributed by atoms with E-state index in [2.05, 4.69) is 47.7 Å². The molecule has 0 saturated carbocycles. The number of nitrogens with one attached hydrogen (secondary N) is 2. The molecule has 2 aromatic carbocycles. The van der Waals surface area contributed by atoms with Gasteiger partial charge in [-0.3, -0.25) is 4.99 Å². The molecule has 0 aromatic heterocycles. The molecule has 2 aromatic rings. The third-order valence-electron chi connectivity index (χ3n) is 4.81. The number of hydrogen-bond acceptors (Lipinski definition) is 4. The highest BCUT2D eigenvalue weighted by Gasteiger charge is 2.07. The largest absolute Gasteiger partial charge is 0.493 e. The summed E-state index contributed by atoms with van der Waals surface area (Å²) in [6, 6.07) is 13.8. The number of guanidine groups is 1. The smallest absolute Gasteiger partial charge is 0.191 e. The first-order chi connectivity index (χ1) is 14.8. The molecule has 0 aliphatic rings. The molecule has 0 radical (unpaired) electrons. The van der Waals surface area contributed by atoms with Gasteiger partial charge in [0.25, 0.3) is 0 Å². The van der Waals surface area contributed by atoms with Gasteiger partial charge in [-0.15, -0.1) is 0 Å². The van der Waals surface area contributed by atoms with Crippen LogP contribution in [0.25, 0.3) is 0 Å². The highest BCUT2D eigenvalue weighted by atomic mass is 32.2. The van der Waals surface area contributed by atoms with Crippen molar-refractivity contribution in [1.82, 2.24) is 10.6 Å². The van der Waals surface area contributed by atoms with Gasteiger partial charge in [0.2, 0.25) is 0 Å². The van der Waals surface area contributed by atoms with Crippen LogP contribution < -0.4 is 15.4 Å². The van der Waals surface area contributed by atoms with Gasteiger partial charge in [-0.05, 0) is 36.1 Å². The number of sulfone groups is 1. The standard InChI is InChI=1S/C24H35N3O3S/c1-5-6-7-14-30-23-15-19(2)8-13-22(23)17-27-24(25-3)26-16-20-9-11-21(12-10-20)18-31(4,28)29/h8-13,15H,5-7,14,16-18H2,1-4H3,(H2,25,26,27). The SMILES string of the molecule is CCCCCOc1cc(C)ccc1CNC(=NC)NCc1ccc(CS(C)(=O)=O)cc1. The maximum atomic E-state index is 11.4. The van der Waals surface area contributed by atoms with Gasteiger partial charge in [-0.2, -0.15) is 0 Å². The van der Waals surface area contributed by atoms with E-state index in [4.69, 9.17) is 4.74 Å². The molecule has 7 heteroatoms. The second kappa shape index (κ2) is 12.3. The minimum atomic E-state index is -3.02. The molecule has 0 amide bonds. The molecule has 0 bridgehead atoms. The summed E-state index contributed by atoms with van der Waals surface area (Å²) in [6.07, 6.45) is 4.65. The van der Waals surface area contributed by atoms with Gasteiger partial charge in [0.1, 0.15) is 5.75 Å². The van der Waals surface area contributed by atoms with Crippen molar-refractivity contribution in [2.75, 3.05) is 19.9 Å². The minimum absolute atomic E-state index is 0.0589. The molecular weight excluding hydrogens is 410 g/mol. The zero-order chi connectivity index (χ0) is 22.7. The average Bonchev–Trinajstić information content (AvgIpc) is 2.72. The molecule has 0 aliphatic heterocycles. The Kier molecular flexibility index (Phi) is 9.85. The Morgan fingerprint density at radius 3 is 2.32 bits per heavy atom. The molecule has 31 heavy (non-hydrogen) atoms. The van der Waals surface area contributed by atoms with Gasteiger partial charge < -0.3 is 15.4 Å². The van der Waals surface area contributed by atoms with Crippen LogP contribution in [0.15, 0.2) is 47.5 Å². The Hall–Kier alpha value is -2.54. The summed E-state index contributed by atoms with van der Waals surface area (Å²) < 4.78 is 28.8. The molecule has 2 rings (SSSR count). The van der Waals surface area contributed by atoms with E-state index in [1.807, 2.05) is 24.3 Å². The van der Waals surface area contributed by atoms with E-state index in [1.54, 1.807) is 7.05 Å². The second-order valence-corrected chi connectivity index (χ2v) is 9.97. The predicted molar refractivity (Wildman–Crippen MR) is 128 cm³/mol. The van der Waals surface area contributed by atoms with E-state index in [-0.39, 0.29) is 5.75 Å². The van der Waals surface area contributed by atoms with E-state index >= 15 is 0 Å². The molecular formula is C24H35N3O3S. The number of aryl methyl sites for hydroxylation is 1. The maximum Gasteiger partial charge on any atom is 0.191 e. The number of nitrogens with zero attached hydrogens (tertiary/aromatic N) is 1. The Balaban J connectivity index is 1.89. The molecule has 0 atom stereocenters. The molecule has 0 heterocycles. The monoisotopic (exact) mass is 445 g/mol. The number of ether oxygens (including phenoxy) is 1. The molecule has 2 N–H and O–H groups in total. The summed E-state index contributed by atoms with van der Waals surface area (Å²) in [4.78, 5) is 4.29. The summed E-state index contributed by atoms with van der Waals surface area (Å²) in [5.41, 5.74) is 4.11. The lowest BCUT2D eigenvalue weighted by molar-refractivity contribution is 0.303. The molecule has 170 valence electrons. The fourth-order valence-electron chi connectivity index (χ4n) is 3.12. The Morgan fingerprint density at radius 1 is 1.00 bits per heavy atom. The van der Waals surface area contributed by atoms with E-state index in [0.29, 0.717) is 19.0 Å². The van der Waals surface area contributed by atoms with Gasteiger partial charge in [-0.25, -0.2) is 8.42 Å². The van der Waals surface area contributed by atoms with Gasteiger partial charge in [0.05, 0.1) is 12.4 Å². The summed E-state index contributed by atoms with van der Waals surface area (Å²) >= 11 is 0. The van der Waals surface area contributed by atoms with Gasteiger partial charge in [0, 0.05) is 32.0 Å². The van der Waals surface area contributed by atoms with Crippen molar-refractivity contribution < 1.29 is 13.2 Å². The van der Waals surface area contributed by atoms with Crippen molar-refractivity contribution >= 4 is 15.8 Å². The molecule has 6 nitrogen and oxygen atoms in total. The Labute approximate surface area is 187 Å². The molecule has 0 unspecified atom stereocenters. The molecule has 0 spiro atoms. The minimum Gasteiger partial charge on any atom is -0.493 e. The fraction of sp³-hybridized carbons (Fsp3) is 0.458. The van der Waals surface area contributed by atoms with Crippen molar-refractivity contribution in [2.45, 2.75) is 52.0 Å². The third kappa shape index (κ3) is 9.42. The van der Waals surface area contributed by atoms with Crippen molar-refractivity contribution in [2.24, 2.45) is 4.99 Å². The first kappa shape index (κ1) is 24.7. The van der Waals surface area contributed by atoms with Crippen LogP contribution in [0.5, 0.6) is 5.75 Å². The number of aliphatic imine (C=N–C) groups is 1. The zero-order valence-electron chi connectivity index (χ0n) is 19.1. The van der Waals surface area contributed by atoms with Crippen molar-refractivity contribution in [1.29, 1.82) is 0 Å². The van der Waals surface area contributed by atoms with Crippen LogP contribution >= 0.6 is 0 Å². The van der Waals surface area contributed by atoms with E-state index < -0.39 is 9.84 Å². The van der Waals surface area contributed by atoms with Gasteiger partial charge in [-0.1, -0.05) is 56.2 Å². The lowest BCUT2D eigenvalue weighted by atomic mass is 10.1. The van der Waals surface area contributed by atoms with Crippen LogP contribution in [0.1, 0.15) is 48.4 Å². The predicted octanol–water partition coefficient (Wildman–Crippen LogP) is 3.97. The van der Waals surface area contributed by atoms with Gasteiger partial charge in [0.15, 0.2) is 15.8 Å². The summed E-state index contributed by atoms with van der Waals surface area (Å²) in [7, 11) is -1.29. The number of benzene rings is 2. The van der Waals surface area contributed by atoms with Gasteiger partial charge >= 0.3 is 0 Å². The third-order valence-corrected chi connectivity index (χ3v) is 5.67. The van der Waals surface area contributed by atoms with Crippen molar-refractivity contribution in [3.05, 3.63) is 64.7 Å². The normalized spacial score (nSPS) is 11.9. The van der Waals surface area contributed by atoms with Crippen LogP contribution in [0.2, 0.25) is 0 Å². The Bertz CT molecular complexity index is 955. The van der Waals surface area contributed by atoms with Crippen LogP contribution in [0, 0.1) is 6.92 Å². The average molecular weight is 446 g/mol. The quantitative estimate of drug-likeness (QED) is 0.311. The molecule has 0 fully saturated rings. The van der Waals surface area contributed by atoms with E-state index in [9.17, 15) is 8.42 Å². The van der Waals surface area contributed by atoms with E-state index in [0.717, 1.165) is 35.5 Å². The fourth-order valence-corrected chi connectivity index (χ4v) is 3.92. The topological polar surface area (TPSA) is 79.8 Å². The summed E-state index contributed by atoms with van der Waals surface area (Å²) in [5.74, 6) is 1.67. The van der Waals surface area contributed by atoms with Crippen molar-refractivity contribution in [3.63, 3.8) is 0 Å². The van der Waals surface area contributed by atoms with E-state index in [1.165, 1.54) is 24.7 Å². The Morgan fingerprint density at radius 2 is 1.68 bits per heavy atom. The second-order valence-electron chi connectivity index (χ2n) is 7.83. The molecule has 0 saturated heterocycles. The summed E-state index contributed by atoms with van der Waals surface area (Å²) in [6.45, 7) is 6.18. The van der Waals surface area contributed by atoms with Crippen LogP contribution in [0.4, 0.5) is 0 Å². The van der Waals surface area contributed by atoms with Crippen LogP contribution in [-0.4, -0.2) is 34.3 Å². The highest BCUT2D eigenvalue weighted by Crippen LogP contribution is 2.21. The number of unbranched alkanes of at least 4 members (excludes halogenated alkanes) is 2. The number of hydrogen-bond donors (Lipinski definition) is 2. The first-order valence-corrected chi connectivity index (χ1v) is 12.8. The lowest BCUT2D eigenvalue weighted by Gasteiger charge is -2.16. The van der Waals surface area contributed by atoms with Crippen LogP contribution in [-0.2, 0) is 28.7 Å². The number of rotatable bonds is 11. The molecule has 0 aliphatic carbocycles. The zero-order valence-corrected chi connectivity index (χ0v) is 19.9. The first-order valence-electron chi connectivity index (χ1n) is 10.7. The highest BCUT2D eigenvalue weighted by molar-refractivity contribution is 7.89. The van der Waals surface area contributed by atoms with Crippen LogP contribution in [0.3, 0.4) is 0 Å². The summed E-state index contributed by atoms with van der Waals surface area (Å²) in [5, 5.41) is 6.63. The van der Waals surface area contributed by atoms with Crippen molar-refractivity contribution in [3.8, 4) is 5.75 Å². The maximum absolute atomic E-state index is 11.4. The lowest BCUT2D eigenvalue weighted by Crippen LogP contribution is -2.36.